The molecule has 0 N–H and O–H groups in total. The second kappa shape index (κ2) is 3.71. The molecule has 0 saturated heterocycles. The van der Waals surface area contributed by atoms with Crippen LogP contribution in [0.5, 0.6) is 5.75 Å². The molecule has 1 aromatic carbocycles. The summed E-state index contributed by atoms with van der Waals surface area (Å²) in [6, 6.07) is 3.03. The van der Waals surface area contributed by atoms with Gasteiger partial charge in [-0.25, -0.2) is 4.39 Å². The zero-order valence-electron chi connectivity index (χ0n) is 5.70. The zero-order valence-corrected chi connectivity index (χ0v) is 9.44. The van der Waals surface area contributed by atoms with Crippen LogP contribution in [0.25, 0.3) is 0 Å². The van der Waals surface area contributed by atoms with Gasteiger partial charge in [-0.15, -0.1) is 0 Å². The molecular weight excluding hydrogens is 326 g/mol. The molecule has 0 aliphatic heterocycles. The Hall–Kier alpha value is 0.160. The van der Waals surface area contributed by atoms with Crippen molar-refractivity contribution < 1.29 is 9.13 Å². The summed E-state index contributed by atoms with van der Waals surface area (Å²) in [4.78, 5) is 0. The Bertz CT molecular complexity index is 277. The van der Waals surface area contributed by atoms with Crippen LogP contribution in [-0.2, 0) is 0 Å². The number of hydrogen-bond donors (Lipinski definition) is 0. The quantitative estimate of drug-likeness (QED) is 0.567. The van der Waals surface area contributed by atoms with Crippen molar-refractivity contribution in [3.05, 3.63) is 26.0 Å². The minimum absolute atomic E-state index is 0.303. The molecular formula is C7H5BrFIO. The molecule has 0 spiro atoms. The van der Waals surface area contributed by atoms with E-state index in [-0.39, 0.29) is 5.82 Å². The molecule has 0 heterocycles. The molecule has 0 fully saturated rings. The van der Waals surface area contributed by atoms with Gasteiger partial charge in [0.15, 0.2) is 0 Å². The van der Waals surface area contributed by atoms with Gasteiger partial charge in [0.2, 0.25) is 0 Å². The van der Waals surface area contributed by atoms with E-state index in [1.165, 1.54) is 13.2 Å². The maximum Gasteiger partial charge on any atom is 0.141 e. The van der Waals surface area contributed by atoms with Crippen molar-refractivity contribution in [2.45, 2.75) is 0 Å². The lowest BCUT2D eigenvalue weighted by atomic mass is 10.3. The first-order chi connectivity index (χ1) is 5.15. The minimum Gasteiger partial charge on any atom is -0.496 e. The third kappa shape index (κ3) is 2.05. The van der Waals surface area contributed by atoms with Crippen molar-refractivity contribution in [2.75, 3.05) is 7.11 Å². The van der Waals surface area contributed by atoms with Crippen LogP contribution in [0.3, 0.4) is 0 Å². The number of ether oxygens (including phenoxy) is 1. The van der Waals surface area contributed by atoms with E-state index in [2.05, 4.69) is 38.5 Å². The van der Waals surface area contributed by atoms with Gasteiger partial charge < -0.3 is 4.74 Å². The summed E-state index contributed by atoms with van der Waals surface area (Å²) in [5, 5.41) is 0. The van der Waals surface area contributed by atoms with Gasteiger partial charge in [-0.3, -0.25) is 0 Å². The Kier molecular flexibility index (Phi) is 3.12. The van der Waals surface area contributed by atoms with E-state index in [4.69, 9.17) is 4.74 Å². The molecule has 1 nitrogen and oxygen atoms in total. The van der Waals surface area contributed by atoms with E-state index in [0.717, 1.165) is 3.57 Å². The topological polar surface area (TPSA) is 9.23 Å². The lowest BCUT2D eigenvalue weighted by molar-refractivity contribution is 0.408. The Balaban J connectivity index is 3.21. The largest absolute Gasteiger partial charge is 0.496 e. The molecule has 0 aliphatic rings. The van der Waals surface area contributed by atoms with E-state index in [1.807, 2.05) is 0 Å². The van der Waals surface area contributed by atoms with Gasteiger partial charge in [0.25, 0.3) is 0 Å². The highest BCUT2D eigenvalue weighted by Crippen LogP contribution is 2.27. The highest BCUT2D eigenvalue weighted by atomic mass is 127. The molecule has 60 valence electrons. The van der Waals surface area contributed by atoms with Gasteiger partial charge in [-0.1, -0.05) is 0 Å². The third-order valence-corrected chi connectivity index (χ3v) is 2.65. The second-order valence-electron chi connectivity index (χ2n) is 1.90. The predicted octanol–water partition coefficient (Wildman–Crippen LogP) is 3.20. The molecule has 0 amide bonds. The van der Waals surface area contributed by atoms with Crippen LogP contribution in [-0.4, -0.2) is 7.11 Å². The number of hydrogen-bond acceptors (Lipinski definition) is 1. The van der Waals surface area contributed by atoms with Crippen molar-refractivity contribution in [3.63, 3.8) is 0 Å². The van der Waals surface area contributed by atoms with E-state index in [0.29, 0.717) is 10.2 Å². The van der Waals surface area contributed by atoms with E-state index in [9.17, 15) is 4.39 Å². The normalized spacial score (nSPS) is 9.82. The van der Waals surface area contributed by atoms with Crippen molar-refractivity contribution in [1.29, 1.82) is 0 Å². The summed E-state index contributed by atoms with van der Waals surface area (Å²) in [6.07, 6.45) is 0. The lowest BCUT2D eigenvalue weighted by Crippen LogP contribution is -1.88. The van der Waals surface area contributed by atoms with Gasteiger partial charge in [0, 0.05) is 6.07 Å². The Morgan fingerprint density at radius 1 is 1.55 bits per heavy atom. The number of benzene rings is 1. The van der Waals surface area contributed by atoms with Crippen LogP contribution < -0.4 is 4.74 Å². The van der Waals surface area contributed by atoms with Crippen LogP contribution in [0.4, 0.5) is 4.39 Å². The highest BCUT2D eigenvalue weighted by molar-refractivity contribution is 14.1. The molecule has 0 aromatic heterocycles. The van der Waals surface area contributed by atoms with E-state index >= 15 is 0 Å². The zero-order chi connectivity index (χ0) is 8.43. The summed E-state index contributed by atoms with van der Waals surface area (Å²) >= 11 is 5.16. The van der Waals surface area contributed by atoms with E-state index < -0.39 is 0 Å². The predicted molar refractivity (Wildman–Crippen MR) is 53.4 cm³/mol. The average Bonchev–Trinajstić information content (AvgIpc) is 1.97. The molecule has 11 heavy (non-hydrogen) atoms. The summed E-state index contributed by atoms with van der Waals surface area (Å²) in [7, 11) is 1.52. The van der Waals surface area contributed by atoms with Crippen molar-refractivity contribution in [1.82, 2.24) is 0 Å². The minimum atomic E-state index is -0.303. The summed E-state index contributed by atoms with van der Waals surface area (Å²) in [5.41, 5.74) is 0. The van der Waals surface area contributed by atoms with Crippen LogP contribution in [0, 0.1) is 9.39 Å². The molecule has 1 aromatic rings. The van der Waals surface area contributed by atoms with Crippen LogP contribution in [0.1, 0.15) is 0 Å². The molecule has 0 atom stereocenters. The Morgan fingerprint density at radius 3 is 2.73 bits per heavy atom. The molecule has 0 radical (unpaired) electrons. The summed E-state index contributed by atoms with van der Waals surface area (Å²) in [6.45, 7) is 0. The van der Waals surface area contributed by atoms with Gasteiger partial charge in [-0.2, -0.15) is 0 Å². The van der Waals surface area contributed by atoms with Gasteiger partial charge in [0.05, 0.1) is 15.2 Å². The first kappa shape index (κ1) is 9.25. The van der Waals surface area contributed by atoms with Crippen molar-refractivity contribution >= 4 is 38.5 Å². The fraction of sp³-hybridized carbons (Fsp3) is 0.143. The highest BCUT2D eigenvalue weighted by Gasteiger charge is 2.05. The van der Waals surface area contributed by atoms with Crippen LogP contribution in [0.2, 0.25) is 0 Å². The standard InChI is InChI=1S/C7H5BrFIO/c1-11-7-3-5(9)4(8)2-6(7)10/h2-3H,1H3. The smallest absolute Gasteiger partial charge is 0.141 e. The van der Waals surface area contributed by atoms with Gasteiger partial charge >= 0.3 is 0 Å². The average molecular weight is 331 g/mol. The number of rotatable bonds is 1. The van der Waals surface area contributed by atoms with Crippen molar-refractivity contribution in [3.8, 4) is 5.75 Å². The molecule has 1 rings (SSSR count). The second-order valence-corrected chi connectivity index (χ2v) is 3.92. The van der Waals surface area contributed by atoms with Gasteiger partial charge in [-0.05, 0) is 44.6 Å². The fourth-order valence-electron chi connectivity index (χ4n) is 0.661. The number of methoxy groups -OCH3 is 1. The molecule has 0 unspecified atom stereocenters. The molecule has 0 aliphatic carbocycles. The lowest BCUT2D eigenvalue weighted by Gasteiger charge is -2.03. The molecule has 0 saturated carbocycles. The first-order valence-corrected chi connectivity index (χ1v) is 4.71. The number of halogens is 3. The monoisotopic (exact) mass is 330 g/mol. The Morgan fingerprint density at radius 2 is 2.18 bits per heavy atom. The Labute approximate surface area is 86.2 Å². The SMILES string of the molecule is COc1cc(F)c(Br)cc1I. The van der Waals surface area contributed by atoms with Crippen molar-refractivity contribution in [2.24, 2.45) is 0 Å². The van der Waals surface area contributed by atoms with Crippen LogP contribution >= 0.6 is 38.5 Å². The third-order valence-electron chi connectivity index (χ3n) is 1.19. The first-order valence-electron chi connectivity index (χ1n) is 2.83. The van der Waals surface area contributed by atoms with Crippen LogP contribution in [0.15, 0.2) is 16.6 Å². The van der Waals surface area contributed by atoms with Gasteiger partial charge in [0.1, 0.15) is 11.6 Å². The summed E-state index contributed by atoms with van der Waals surface area (Å²) in [5.74, 6) is 0.258. The fourth-order valence-corrected chi connectivity index (χ4v) is 2.12. The maximum absolute atomic E-state index is 12.8. The molecule has 4 heteroatoms. The maximum atomic E-state index is 12.8. The van der Waals surface area contributed by atoms with E-state index in [1.54, 1.807) is 6.07 Å². The molecule has 0 bridgehead atoms. The summed E-state index contributed by atoms with van der Waals surface area (Å²) < 4.78 is 19.1.